The van der Waals surface area contributed by atoms with Crippen LogP contribution in [0.3, 0.4) is 0 Å². The van der Waals surface area contributed by atoms with Gasteiger partial charge >= 0.3 is 0 Å². The van der Waals surface area contributed by atoms with Crippen LogP contribution in [0.25, 0.3) is 0 Å². The molecule has 5 saturated carbocycles. The summed E-state index contributed by atoms with van der Waals surface area (Å²) < 4.78 is 0. The Labute approximate surface area is 188 Å². The van der Waals surface area contributed by atoms with Gasteiger partial charge in [-0.15, -0.1) is 0 Å². The molecular weight excluding hydrogens is 394 g/mol. The van der Waals surface area contributed by atoms with Crippen molar-refractivity contribution in [3.8, 4) is 0 Å². The number of nitro groups is 1. The average molecular weight is 422 g/mol. The highest BCUT2D eigenvalue weighted by Crippen LogP contribution is 2.82. The fourth-order valence-electron chi connectivity index (χ4n) is 9.42. The van der Waals surface area contributed by atoms with Crippen LogP contribution in [0.4, 0.5) is 0 Å². The molecule has 160 valence electrons. The normalized spacial score (nSPS) is 40.6. The lowest BCUT2D eigenvalue weighted by molar-refractivity contribution is -0.593. The highest BCUT2D eigenvalue weighted by Gasteiger charge is 2.86. The van der Waals surface area contributed by atoms with Crippen molar-refractivity contribution in [2.75, 3.05) is 0 Å². The van der Waals surface area contributed by atoms with Gasteiger partial charge in [0.2, 0.25) is 5.54 Å². The predicted molar refractivity (Wildman–Crippen MR) is 124 cm³/mol. The molecule has 6 bridgehead atoms. The average Bonchev–Trinajstić information content (AvgIpc) is 3.20. The summed E-state index contributed by atoms with van der Waals surface area (Å²) in [7, 11) is 0. The summed E-state index contributed by atoms with van der Waals surface area (Å²) in [6.45, 7) is 0. The maximum Gasteiger partial charge on any atom is 0.227 e. The second-order valence-corrected chi connectivity index (χ2v) is 11.0. The molecule has 8 rings (SSSR count). The number of nitrogens with zero attached hydrogens (tertiary/aromatic N) is 1. The summed E-state index contributed by atoms with van der Waals surface area (Å²) in [4.78, 5) is 13.2. The summed E-state index contributed by atoms with van der Waals surface area (Å²) in [6, 6.07) is 32.3. The van der Waals surface area contributed by atoms with Crippen LogP contribution in [0.2, 0.25) is 0 Å². The first-order chi connectivity index (χ1) is 15.5. The fourth-order valence-corrected chi connectivity index (χ4v) is 9.42. The van der Waals surface area contributed by atoms with Gasteiger partial charge in [0.05, 0.1) is 0 Å². The van der Waals surface area contributed by atoms with Crippen LogP contribution in [0, 0.1) is 22.0 Å². The number of benzene rings is 3. The Bertz CT molecular complexity index is 1200. The van der Waals surface area contributed by atoms with E-state index in [0.717, 1.165) is 19.3 Å². The van der Waals surface area contributed by atoms with Gasteiger partial charge in [-0.25, -0.2) is 0 Å². The monoisotopic (exact) mass is 421 g/mol. The van der Waals surface area contributed by atoms with Crippen LogP contribution in [0.15, 0.2) is 91.0 Å². The summed E-state index contributed by atoms with van der Waals surface area (Å²) in [6.07, 6.45) is 4.50. The van der Waals surface area contributed by atoms with Crippen LogP contribution in [-0.4, -0.2) is 10.5 Å². The van der Waals surface area contributed by atoms with Crippen molar-refractivity contribution in [3.63, 3.8) is 0 Å². The second-order valence-electron chi connectivity index (χ2n) is 11.0. The lowest BCUT2D eigenvalue weighted by atomic mass is 9.42. The Morgan fingerprint density at radius 2 is 1.19 bits per heavy atom. The molecule has 0 aromatic heterocycles. The minimum atomic E-state index is -0.846. The van der Waals surface area contributed by atoms with Crippen LogP contribution in [-0.2, 0) is 16.2 Å². The van der Waals surface area contributed by atoms with Crippen molar-refractivity contribution in [2.45, 2.75) is 53.9 Å². The van der Waals surface area contributed by atoms with Gasteiger partial charge in [-0.2, -0.15) is 0 Å². The molecule has 0 aliphatic heterocycles. The van der Waals surface area contributed by atoms with Crippen LogP contribution in [0.5, 0.6) is 0 Å². The highest BCUT2D eigenvalue weighted by molar-refractivity contribution is 5.51. The zero-order valence-electron chi connectivity index (χ0n) is 18.1. The van der Waals surface area contributed by atoms with Crippen molar-refractivity contribution in [3.05, 3.63) is 118 Å². The Morgan fingerprint density at radius 1 is 0.656 bits per heavy atom. The van der Waals surface area contributed by atoms with Gasteiger partial charge < -0.3 is 0 Å². The van der Waals surface area contributed by atoms with E-state index in [1.807, 2.05) is 0 Å². The molecular formula is C29H27NO2. The third-order valence-electron chi connectivity index (χ3n) is 9.90. The van der Waals surface area contributed by atoms with Crippen LogP contribution in [0.1, 0.15) is 48.8 Å². The van der Waals surface area contributed by atoms with Gasteiger partial charge in [0.25, 0.3) is 0 Å². The molecule has 0 radical (unpaired) electrons. The first-order valence-electron chi connectivity index (χ1n) is 11.9. The Balaban J connectivity index is 1.54. The van der Waals surface area contributed by atoms with Crippen LogP contribution < -0.4 is 0 Å². The molecule has 6 unspecified atom stereocenters. The van der Waals surface area contributed by atoms with E-state index in [0.29, 0.717) is 18.8 Å². The van der Waals surface area contributed by atoms with E-state index in [9.17, 15) is 10.1 Å². The minimum absolute atomic E-state index is 0.109. The molecule has 32 heavy (non-hydrogen) atoms. The molecule has 6 atom stereocenters. The molecule has 3 aromatic rings. The van der Waals surface area contributed by atoms with Crippen molar-refractivity contribution >= 4 is 0 Å². The molecule has 0 spiro atoms. The molecule has 0 heterocycles. The first-order valence-corrected chi connectivity index (χ1v) is 11.9. The second kappa shape index (κ2) is 5.89. The van der Waals surface area contributed by atoms with Crippen molar-refractivity contribution < 1.29 is 4.92 Å². The summed E-state index contributed by atoms with van der Waals surface area (Å²) >= 11 is 0. The molecule has 3 heteroatoms. The smallest absolute Gasteiger partial charge is 0.227 e. The lowest BCUT2D eigenvalue weighted by Gasteiger charge is -2.60. The molecule has 3 aromatic carbocycles. The topological polar surface area (TPSA) is 43.1 Å². The lowest BCUT2D eigenvalue weighted by Crippen LogP contribution is -2.66. The zero-order chi connectivity index (χ0) is 21.6. The summed E-state index contributed by atoms with van der Waals surface area (Å²) in [5.41, 5.74) is 2.72. The first kappa shape index (κ1) is 18.6. The molecule has 0 saturated heterocycles. The largest absolute Gasteiger partial charge is 0.264 e. The Hall–Kier alpha value is -2.94. The van der Waals surface area contributed by atoms with E-state index in [2.05, 4.69) is 91.0 Å². The molecule has 0 N–H and O–H groups in total. The van der Waals surface area contributed by atoms with Gasteiger partial charge in [0.15, 0.2) is 0 Å². The molecule has 5 aliphatic carbocycles. The Kier molecular flexibility index (Phi) is 3.43. The van der Waals surface area contributed by atoms with Gasteiger partial charge in [0.1, 0.15) is 0 Å². The number of rotatable bonds is 4. The van der Waals surface area contributed by atoms with Gasteiger partial charge in [-0.05, 0) is 41.9 Å². The van der Waals surface area contributed by atoms with E-state index in [1.165, 1.54) is 16.7 Å². The SMILES string of the molecule is O=[N+]([O-])C12CC3(c4ccccc4)CC4C1C(c1ccccc1)(C3)CC4(c1ccccc1)C2. The van der Waals surface area contributed by atoms with Crippen molar-refractivity contribution in [2.24, 2.45) is 11.8 Å². The van der Waals surface area contributed by atoms with Crippen molar-refractivity contribution in [1.29, 1.82) is 0 Å². The standard InChI is InChI=1S/C29H27NO2/c31-30(32)29-18-26(21-10-4-1-5-11-21)16-24-25(29)28(17-26,23-14-8-3-9-15-23)19-27(24,20-29)22-12-6-2-7-13-22/h1-15,24-25H,16-20H2. The maximum atomic E-state index is 13.0. The third-order valence-corrected chi connectivity index (χ3v) is 9.90. The molecule has 3 nitrogen and oxygen atoms in total. The van der Waals surface area contributed by atoms with E-state index >= 15 is 0 Å². The highest BCUT2D eigenvalue weighted by atomic mass is 16.6. The molecule has 0 amide bonds. The quantitative estimate of drug-likeness (QED) is 0.380. The number of hydrogen-bond donors (Lipinski definition) is 0. The zero-order valence-corrected chi connectivity index (χ0v) is 18.1. The van der Waals surface area contributed by atoms with E-state index in [4.69, 9.17) is 0 Å². The van der Waals surface area contributed by atoms with Gasteiger partial charge in [-0.1, -0.05) is 91.0 Å². The summed E-state index contributed by atoms with van der Waals surface area (Å²) in [5, 5.41) is 13.0. The van der Waals surface area contributed by atoms with E-state index < -0.39 is 5.54 Å². The molecule has 5 fully saturated rings. The van der Waals surface area contributed by atoms with E-state index in [1.54, 1.807) is 0 Å². The fraction of sp³-hybridized carbons (Fsp3) is 0.379. The maximum absolute atomic E-state index is 13.0. The van der Waals surface area contributed by atoms with Gasteiger partial charge in [-0.3, -0.25) is 10.1 Å². The number of hydrogen-bond acceptors (Lipinski definition) is 2. The predicted octanol–water partition coefficient (Wildman–Crippen LogP) is 6.05. The van der Waals surface area contributed by atoms with Gasteiger partial charge in [0, 0.05) is 39.9 Å². The Morgan fingerprint density at radius 3 is 1.75 bits per heavy atom. The third kappa shape index (κ3) is 1.99. The summed E-state index contributed by atoms with van der Waals surface area (Å²) in [5.74, 6) is 0.455. The van der Waals surface area contributed by atoms with Crippen molar-refractivity contribution in [1.82, 2.24) is 0 Å². The van der Waals surface area contributed by atoms with Crippen LogP contribution >= 0.6 is 0 Å². The van der Waals surface area contributed by atoms with E-state index in [-0.39, 0.29) is 27.1 Å². The molecule has 5 aliphatic rings. The minimum Gasteiger partial charge on any atom is -0.264 e.